The van der Waals surface area contributed by atoms with Gasteiger partial charge in [-0.1, -0.05) is 6.07 Å². The van der Waals surface area contributed by atoms with E-state index in [2.05, 4.69) is 4.98 Å². The van der Waals surface area contributed by atoms with Crippen molar-refractivity contribution < 1.29 is 10.2 Å². The van der Waals surface area contributed by atoms with E-state index < -0.39 is 12.2 Å². The molecule has 2 aromatic rings. The average Bonchev–Trinajstić information content (AvgIpc) is 2.75. The van der Waals surface area contributed by atoms with Crippen LogP contribution in [0.3, 0.4) is 0 Å². The maximum absolute atomic E-state index is 9.89. The van der Waals surface area contributed by atoms with E-state index in [-0.39, 0.29) is 0 Å². The van der Waals surface area contributed by atoms with E-state index in [4.69, 9.17) is 11.6 Å². The highest BCUT2D eigenvalue weighted by Crippen LogP contribution is 2.25. The Morgan fingerprint density at radius 2 is 2.19 bits per heavy atom. The van der Waals surface area contributed by atoms with Crippen LogP contribution in [0.4, 0.5) is 0 Å². The molecule has 0 aliphatic heterocycles. The van der Waals surface area contributed by atoms with Crippen molar-refractivity contribution in [1.29, 1.82) is 0 Å². The molecule has 3 nitrogen and oxygen atoms in total. The van der Waals surface area contributed by atoms with Gasteiger partial charge in [-0.05, 0) is 24.1 Å². The second kappa shape index (κ2) is 5.10. The third kappa shape index (κ3) is 2.35. The molecule has 1 aromatic heterocycles. The van der Waals surface area contributed by atoms with Gasteiger partial charge in [0.15, 0.2) is 0 Å². The first kappa shape index (κ1) is 11.8. The number of fused-ring (bicyclic) bond motifs is 1. The van der Waals surface area contributed by atoms with E-state index in [0.29, 0.717) is 17.9 Å². The van der Waals surface area contributed by atoms with Crippen LogP contribution < -0.4 is 0 Å². The van der Waals surface area contributed by atoms with Crippen LogP contribution in [0.1, 0.15) is 18.1 Å². The molecule has 0 radical (unpaired) electrons. The summed E-state index contributed by atoms with van der Waals surface area (Å²) in [6.45, 7) is 0. The normalized spacial score (nSPS) is 15.2. The summed E-state index contributed by atoms with van der Waals surface area (Å²) in [4.78, 5) is 4.15. The topological polar surface area (TPSA) is 53.4 Å². The van der Waals surface area contributed by atoms with Crippen LogP contribution >= 0.6 is 22.9 Å². The van der Waals surface area contributed by atoms with E-state index in [9.17, 15) is 10.2 Å². The molecule has 0 spiro atoms. The smallest absolute Gasteiger partial charge is 0.105 e. The van der Waals surface area contributed by atoms with Crippen molar-refractivity contribution in [2.75, 3.05) is 5.88 Å². The van der Waals surface area contributed by atoms with Gasteiger partial charge in [0.05, 0.1) is 21.8 Å². The van der Waals surface area contributed by atoms with Gasteiger partial charge in [0.2, 0.25) is 0 Å². The van der Waals surface area contributed by atoms with E-state index in [1.54, 1.807) is 11.6 Å². The molecule has 2 rings (SSSR count). The molecule has 0 saturated heterocycles. The van der Waals surface area contributed by atoms with E-state index in [1.807, 2.05) is 12.1 Å². The minimum atomic E-state index is -0.884. The van der Waals surface area contributed by atoms with Crippen LogP contribution in [-0.2, 0) is 0 Å². The number of aliphatic hydroxyl groups is 2. The molecule has 2 atom stereocenters. The Balaban J connectivity index is 2.24. The van der Waals surface area contributed by atoms with Crippen molar-refractivity contribution in [1.82, 2.24) is 4.98 Å². The summed E-state index contributed by atoms with van der Waals surface area (Å²) < 4.78 is 1.01. The summed E-state index contributed by atoms with van der Waals surface area (Å²) in [6, 6.07) is 5.48. The molecule has 2 N–H and O–H groups in total. The molecule has 86 valence electrons. The monoisotopic (exact) mass is 257 g/mol. The van der Waals surface area contributed by atoms with Gasteiger partial charge in [0.1, 0.15) is 6.10 Å². The quantitative estimate of drug-likeness (QED) is 0.827. The molecule has 0 fully saturated rings. The maximum atomic E-state index is 9.89. The number of thiazole rings is 1. The van der Waals surface area contributed by atoms with Crippen LogP contribution in [0.25, 0.3) is 10.2 Å². The Labute approximate surface area is 102 Å². The van der Waals surface area contributed by atoms with Crippen molar-refractivity contribution in [3.8, 4) is 0 Å². The number of halogens is 1. The second-order valence-electron chi connectivity index (χ2n) is 3.57. The molecule has 0 saturated carbocycles. The van der Waals surface area contributed by atoms with Gasteiger partial charge in [0.25, 0.3) is 0 Å². The number of hydrogen-bond acceptors (Lipinski definition) is 4. The first-order chi connectivity index (χ1) is 7.72. The highest BCUT2D eigenvalue weighted by molar-refractivity contribution is 7.16. The van der Waals surface area contributed by atoms with Crippen molar-refractivity contribution in [2.24, 2.45) is 0 Å². The van der Waals surface area contributed by atoms with Crippen LogP contribution in [0.2, 0.25) is 0 Å². The molecule has 16 heavy (non-hydrogen) atoms. The first-order valence-electron chi connectivity index (χ1n) is 4.97. The molecule has 0 aliphatic carbocycles. The average molecular weight is 258 g/mol. The second-order valence-corrected chi connectivity index (χ2v) is 4.83. The van der Waals surface area contributed by atoms with Crippen LogP contribution in [-0.4, -0.2) is 27.2 Å². The summed E-state index contributed by atoms with van der Waals surface area (Å²) in [5.41, 5.74) is 3.37. The number of hydrogen-bond donors (Lipinski definition) is 2. The van der Waals surface area contributed by atoms with Gasteiger partial charge >= 0.3 is 0 Å². The molecular weight excluding hydrogens is 246 g/mol. The van der Waals surface area contributed by atoms with Gasteiger partial charge in [0, 0.05) is 5.88 Å². The molecule has 0 aliphatic rings. The fourth-order valence-electron chi connectivity index (χ4n) is 1.55. The Kier molecular flexibility index (Phi) is 3.76. The van der Waals surface area contributed by atoms with Crippen LogP contribution in [0.5, 0.6) is 0 Å². The number of rotatable bonds is 4. The maximum Gasteiger partial charge on any atom is 0.105 e. The predicted molar refractivity (Wildman–Crippen MR) is 65.9 cm³/mol. The lowest BCUT2D eigenvalue weighted by molar-refractivity contribution is 0.0171. The Morgan fingerprint density at radius 1 is 1.38 bits per heavy atom. The van der Waals surface area contributed by atoms with E-state index in [0.717, 1.165) is 10.2 Å². The summed E-state index contributed by atoms with van der Waals surface area (Å²) in [7, 11) is 0. The zero-order chi connectivity index (χ0) is 11.5. The number of aliphatic hydroxyl groups excluding tert-OH is 2. The van der Waals surface area contributed by atoms with E-state index >= 15 is 0 Å². The largest absolute Gasteiger partial charge is 0.390 e. The summed E-state index contributed by atoms with van der Waals surface area (Å²) in [6.07, 6.45) is -1.32. The van der Waals surface area contributed by atoms with Gasteiger partial charge < -0.3 is 10.2 Å². The zero-order valence-electron chi connectivity index (χ0n) is 8.51. The van der Waals surface area contributed by atoms with Gasteiger partial charge in [-0.15, -0.1) is 22.9 Å². The SMILES string of the molecule is OC(CCCl)C(O)c1ccc2ncsc2c1. The van der Waals surface area contributed by atoms with Gasteiger partial charge in [-0.25, -0.2) is 4.98 Å². The summed E-state index contributed by atoms with van der Waals surface area (Å²) >= 11 is 7.04. The van der Waals surface area contributed by atoms with Crippen LogP contribution in [0, 0.1) is 0 Å². The third-order valence-corrected chi connectivity index (χ3v) is 3.48. The first-order valence-corrected chi connectivity index (χ1v) is 6.39. The zero-order valence-corrected chi connectivity index (χ0v) is 10.1. The van der Waals surface area contributed by atoms with Crippen molar-refractivity contribution >= 4 is 33.2 Å². The summed E-state index contributed by atoms with van der Waals surface area (Å²) in [5.74, 6) is 0.334. The highest BCUT2D eigenvalue weighted by atomic mass is 35.5. The number of nitrogens with zero attached hydrogens (tertiary/aromatic N) is 1. The van der Waals surface area contributed by atoms with Crippen molar-refractivity contribution in [3.05, 3.63) is 29.3 Å². The number of aromatic nitrogens is 1. The summed E-state index contributed by atoms with van der Waals surface area (Å²) in [5, 5.41) is 19.5. The highest BCUT2D eigenvalue weighted by Gasteiger charge is 2.18. The number of alkyl halides is 1. The molecule has 5 heteroatoms. The van der Waals surface area contributed by atoms with Gasteiger partial charge in [-0.2, -0.15) is 0 Å². The lowest BCUT2D eigenvalue weighted by Gasteiger charge is -2.16. The molecular formula is C11H12ClNO2S. The molecule has 1 heterocycles. The van der Waals surface area contributed by atoms with Crippen LogP contribution in [0.15, 0.2) is 23.7 Å². The standard InChI is InChI=1S/C11H12ClNO2S/c12-4-3-9(14)11(15)7-1-2-8-10(5-7)16-6-13-8/h1-2,5-6,9,11,14-15H,3-4H2. The Bertz CT molecular complexity index is 474. The fourth-order valence-corrected chi connectivity index (χ4v) is 2.50. The molecule has 1 aromatic carbocycles. The molecule has 0 bridgehead atoms. The lowest BCUT2D eigenvalue weighted by atomic mass is 10.0. The van der Waals surface area contributed by atoms with Crippen molar-refractivity contribution in [2.45, 2.75) is 18.6 Å². The number of benzene rings is 1. The molecule has 2 unspecified atom stereocenters. The van der Waals surface area contributed by atoms with Crippen molar-refractivity contribution in [3.63, 3.8) is 0 Å². The van der Waals surface area contributed by atoms with Gasteiger partial charge in [-0.3, -0.25) is 0 Å². The third-order valence-electron chi connectivity index (χ3n) is 2.47. The minimum absolute atomic E-state index is 0.334. The fraction of sp³-hybridized carbons (Fsp3) is 0.364. The van der Waals surface area contributed by atoms with E-state index in [1.165, 1.54) is 11.3 Å². The lowest BCUT2D eigenvalue weighted by Crippen LogP contribution is -2.18. The Hall–Kier alpha value is -0.680. The minimum Gasteiger partial charge on any atom is -0.390 e. The predicted octanol–water partition coefficient (Wildman–Crippen LogP) is 2.32. The molecule has 0 amide bonds. The Morgan fingerprint density at radius 3 is 2.94 bits per heavy atom.